The molecule has 4 atom stereocenters. The lowest BCUT2D eigenvalue weighted by atomic mass is 9.91. The molecule has 1 saturated heterocycles. The van der Waals surface area contributed by atoms with E-state index in [1.807, 2.05) is 57.5 Å². The van der Waals surface area contributed by atoms with Crippen molar-refractivity contribution in [1.29, 1.82) is 0 Å². The zero-order valence-corrected chi connectivity index (χ0v) is 24.3. The Morgan fingerprint density at radius 3 is 2.66 bits per heavy atom. The Morgan fingerprint density at radius 1 is 1.29 bits per heavy atom. The van der Waals surface area contributed by atoms with Crippen LogP contribution in [0.15, 0.2) is 40.4 Å². The predicted molar refractivity (Wildman–Crippen MR) is 148 cm³/mol. The highest BCUT2D eigenvalue weighted by molar-refractivity contribution is 9.09. The van der Waals surface area contributed by atoms with E-state index in [0.717, 1.165) is 21.7 Å². The number of benzene rings is 1. The number of rotatable bonds is 10. The van der Waals surface area contributed by atoms with E-state index in [-0.39, 0.29) is 36.7 Å². The van der Waals surface area contributed by atoms with E-state index in [4.69, 9.17) is 9.26 Å². The van der Waals surface area contributed by atoms with Crippen LogP contribution in [0.2, 0.25) is 0 Å². The number of aliphatic hydroxyl groups excluding tert-OH is 1. The molecule has 2 aromatic heterocycles. The molecule has 1 fully saturated rings. The van der Waals surface area contributed by atoms with Gasteiger partial charge in [0.15, 0.2) is 5.76 Å². The molecule has 11 heteroatoms. The first kappa shape index (κ1) is 28.3. The molecular weight excluding hydrogens is 572 g/mol. The highest BCUT2D eigenvalue weighted by Gasteiger charge is 2.43. The van der Waals surface area contributed by atoms with Crippen LogP contribution in [0.25, 0.3) is 10.4 Å². The zero-order valence-electron chi connectivity index (χ0n) is 21.9. The number of hydrogen-bond donors (Lipinski definition) is 2. The van der Waals surface area contributed by atoms with E-state index in [1.165, 1.54) is 4.90 Å². The molecule has 0 radical (unpaired) electrons. The Morgan fingerprint density at radius 2 is 2.03 bits per heavy atom. The molecule has 2 amide bonds. The lowest BCUT2D eigenvalue weighted by Gasteiger charge is -2.29. The summed E-state index contributed by atoms with van der Waals surface area (Å²) >= 11 is 4.89. The van der Waals surface area contributed by atoms with E-state index >= 15 is 0 Å². The van der Waals surface area contributed by atoms with Gasteiger partial charge in [-0.1, -0.05) is 54.0 Å². The number of aliphatic hydroxyl groups is 1. The van der Waals surface area contributed by atoms with Crippen molar-refractivity contribution in [1.82, 2.24) is 20.4 Å². The third-order valence-electron chi connectivity index (χ3n) is 6.71. The molecular formula is C27H33BrN4O5S. The number of nitrogens with zero attached hydrogens (tertiary/aromatic N) is 3. The molecule has 2 N–H and O–H groups in total. The number of carbonyl (C=O) groups is 2. The Kier molecular flexibility index (Phi) is 9.22. The second-order valence-electron chi connectivity index (χ2n) is 9.84. The van der Waals surface area contributed by atoms with Crippen molar-refractivity contribution in [3.05, 3.63) is 52.9 Å². The number of nitrogens with one attached hydrogen (secondary N) is 1. The maximum atomic E-state index is 13.7. The van der Waals surface area contributed by atoms with Gasteiger partial charge in [-0.2, -0.15) is 0 Å². The molecule has 9 nitrogen and oxygen atoms in total. The van der Waals surface area contributed by atoms with Crippen LogP contribution in [0.4, 0.5) is 0 Å². The summed E-state index contributed by atoms with van der Waals surface area (Å²) in [5.74, 6) is -0.688. The summed E-state index contributed by atoms with van der Waals surface area (Å²) in [5.41, 5.74) is 4.84. The second-order valence-corrected chi connectivity index (χ2v) is 11.5. The van der Waals surface area contributed by atoms with E-state index in [0.29, 0.717) is 23.6 Å². The molecule has 3 heterocycles. The lowest BCUT2D eigenvalue weighted by molar-refractivity contribution is -0.141. The van der Waals surface area contributed by atoms with Crippen LogP contribution in [0.5, 0.6) is 5.88 Å². The number of aromatic nitrogens is 2. The number of hydrogen-bond acceptors (Lipinski definition) is 8. The van der Waals surface area contributed by atoms with Crippen molar-refractivity contribution >= 4 is 39.1 Å². The van der Waals surface area contributed by atoms with E-state index in [9.17, 15) is 14.7 Å². The first-order chi connectivity index (χ1) is 18.2. The van der Waals surface area contributed by atoms with E-state index in [1.54, 1.807) is 17.4 Å². The number of ether oxygens (including phenoxy) is 1. The molecule has 2 unspecified atom stereocenters. The number of carbonyl (C=O) groups excluding carboxylic acids is 2. The third-order valence-corrected chi connectivity index (χ3v) is 8.02. The third kappa shape index (κ3) is 6.27. The van der Waals surface area contributed by atoms with Gasteiger partial charge in [0, 0.05) is 24.4 Å². The van der Waals surface area contributed by atoms with Crippen LogP contribution >= 0.6 is 27.3 Å². The Balaban J connectivity index is 1.46. The summed E-state index contributed by atoms with van der Waals surface area (Å²) in [6.45, 7) is 8.20. The van der Waals surface area contributed by atoms with Crippen LogP contribution < -0.4 is 10.1 Å². The molecule has 38 heavy (non-hydrogen) atoms. The molecule has 1 aliphatic heterocycles. The van der Waals surface area contributed by atoms with Gasteiger partial charge in [0.1, 0.15) is 12.0 Å². The highest BCUT2D eigenvalue weighted by atomic mass is 79.9. The van der Waals surface area contributed by atoms with Crippen molar-refractivity contribution < 1.29 is 24.0 Å². The highest BCUT2D eigenvalue weighted by Crippen LogP contribution is 2.33. The average molecular weight is 606 g/mol. The first-order valence-electron chi connectivity index (χ1n) is 12.6. The Bertz CT molecular complexity index is 1240. The van der Waals surface area contributed by atoms with Crippen LogP contribution in [0.3, 0.4) is 0 Å². The summed E-state index contributed by atoms with van der Waals surface area (Å²) in [5, 5.41) is 18.0. The SMILES string of the molecule is Cc1ncsc1-c1ccc(C(C)NC(=O)[C@@H]2C[C@@H](O)CN2C(=O)C(c2cc(OCCBr)no2)C(C)C)cc1. The van der Waals surface area contributed by atoms with Crippen molar-refractivity contribution in [2.75, 3.05) is 18.5 Å². The summed E-state index contributed by atoms with van der Waals surface area (Å²) < 4.78 is 10.9. The van der Waals surface area contributed by atoms with Crippen LogP contribution in [0.1, 0.15) is 56.2 Å². The predicted octanol–water partition coefficient (Wildman–Crippen LogP) is 4.46. The van der Waals surface area contributed by atoms with Gasteiger partial charge >= 0.3 is 0 Å². The first-order valence-corrected chi connectivity index (χ1v) is 14.6. The van der Waals surface area contributed by atoms with Gasteiger partial charge < -0.3 is 24.6 Å². The van der Waals surface area contributed by atoms with Crippen molar-refractivity contribution in [2.24, 2.45) is 5.92 Å². The van der Waals surface area contributed by atoms with Crippen molar-refractivity contribution in [3.8, 4) is 16.3 Å². The standard InChI is InChI=1S/C27H33BrN4O5S/c1-15(2)24(22-12-23(31-37-22)36-10-9-28)27(35)32-13-20(33)11-21(32)26(34)30-16(3)18-5-7-19(8-6-18)25-17(4)29-14-38-25/h5-8,12,14-16,20-21,24,33H,9-11,13H2,1-4H3,(H,30,34)/t16?,20-,21+,24?/m1/s1. The number of thiazole rings is 1. The van der Waals surface area contributed by atoms with Gasteiger partial charge in [0.05, 0.1) is 34.8 Å². The largest absolute Gasteiger partial charge is 0.475 e. The molecule has 1 aliphatic rings. The van der Waals surface area contributed by atoms with Gasteiger partial charge in [0.25, 0.3) is 5.88 Å². The monoisotopic (exact) mass is 604 g/mol. The second kappa shape index (κ2) is 12.4. The normalized spacial score (nSPS) is 19.0. The summed E-state index contributed by atoms with van der Waals surface area (Å²) in [6, 6.07) is 8.57. The molecule has 1 aromatic carbocycles. The molecule has 4 rings (SSSR count). The quantitative estimate of drug-likeness (QED) is 0.328. The van der Waals surface area contributed by atoms with Gasteiger partial charge in [-0.25, -0.2) is 4.98 Å². The van der Waals surface area contributed by atoms with Crippen molar-refractivity contribution in [3.63, 3.8) is 0 Å². The average Bonchev–Trinajstić information content (AvgIpc) is 3.62. The number of β-amino-alcohol motifs (C(OH)–C–C–N with tert-alkyl or cyclic N) is 1. The molecule has 204 valence electrons. The summed E-state index contributed by atoms with van der Waals surface area (Å²) in [7, 11) is 0. The van der Waals surface area contributed by atoms with Crippen LogP contribution in [0, 0.1) is 12.8 Å². The molecule has 0 saturated carbocycles. The van der Waals surface area contributed by atoms with Crippen molar-refractivity contribution in [2.45, 2.75) is 58.2 Å². The van der Waals surface area contributed by atoms with Gasteiger partial charge in [-0.3, -0.25) is 9.59 Å². The number of aryl methyl sites for hydroxylation is 1. The maximum absolute atomic E-state index is 13.7. The minimum atomic E-state index is -0.785. The smallest absolute Gasteiger partial charge is 0.254 e. The van der Waals surface area contributed by atoms with Gasteiger partial charge in [0.2, 0.25) is 11.8 Å². The molecule has 0 spiro atoms. The molecule has 0 aliphatic carbocycles. The lowest BCUT2D eigenvalue weighted by Crippen LogP contribution is -2.48. The van der Waals surface area contributed by atoms with Crippen LogP contribution in [-0.4, -0.2) is 62.6 Å². The van der Waals surface area contributed by atoms with Crippen LogP contribution in [-0.2, 0) is 9.59 Å². The van der Waals surface area contributed by atoms with Gasteiger partial charge in [-0.05, 0) is 36.0 Å². The topological polar surface area (TPSA) is 118 Å². The van der Waals surface area contributed by atoms with E-state index in [2.05, 4.69) is 31.4 Å². The fourth-order valence-corrected chi connectivity index (χ4v) is 5.72. The Labute approximate surface area is 234 Å². The maximum Gasteiger partial charge on any atom is 0.254 e. The number of alkyl halides is 1. The summed E-state index contributed by atoms with van der Waals surface area (Å²) in [6.07, 6.45) is -0.610. The van der Waals surface area contributed by atoms with E-state index < -0.39 is 18.1 Å². The number of halogens is 1. The minimum absolute atomic E-state index is 0.0818. The summed E-state index contributed by atoms with van der Waals surface area (Å²) in [4.78, 5) is 34.0. The zero-order chi connectivity index (χ0) is 27.4. The minimum Gasteiger partial charge on any atom is -0.475 e. The van der Waals surface area contributed by atoms with Gasteiger partial charge in [-0.15, -0.1) is 11.3 Å². The fourth-order valence-electron chi connectivity index (χ4n) is 4.74. The molecule has 0 bridgehead atoms. The molecule has 3 aromatic rings. The fraction of sp³-hybridized carbons (Fsp3) is 0.481. The number of likely N-dealkylation sites (tertiary alicyclic amines) is 1. The Hall–Kier alpha value is -2.76. The number of amides is 2.